The van der Waals surface area contributed by atoms with Crippen LogP contribution in [0.2, 0.25) is 0 Å². The Hall–Kier alpha value is -0.910. The van der Waals surface area contributed by atoms with Gasteiger partial charge in [0.25, 0.3) is 0 Å². The summed E-state index contributed by atoms with van der Waals surface area (Å²) >= 11 is 0. The molecule has 3 unspecified atom stereocenters. The molecule has 104 valence electrons. The van der Waals surface area contributed by atoms with Crippen molar-refractivity contribution < 1.29 is 8.42 Å². The molecular weight excluding hydrogens is 260 g/mol. The lowest BCUT2D eigenvalue weighted by molar-refractivity contribution is 0.427. The summed E-state index contributed by atoms with van der Waals surface area (Å²) in [7, 11) is -3.36. The minimum Gasteiger partial charge on any atom is -0.327 e. The van der Waals surface area contributed by atoms with Crippen molar-refractivity contribution in [1.82, 2.24) is 4.31 Å². The first-order valence-electron chi connectivity index (χ1n) is 6.81. The highest BCUT2D eigenvalue weighted by Gasteiger charge is 2.45. The van der Waals surface area contributed by atoms with Crippen LogP contribution in [0.25, 0.3) is 0 Å². The van der Waals surface area contributed by atoms with Crippen LogP contribution in [-0.4, -0.2) is 31.9 Å². The summed E-state index contributed by atoms with van der Waals surface area (Å²) in [6.07, 6.45) is 2.10. The van der Waals surface area contributed by atoms with E-state index >= 15 is 0 Å². The Kier molecular flexibility index (Phi) is 3.15. The first-order valence-corrected chi connectivity index (χ1v) is 8.25. The van der Waals surface area contributed by atoms with Crippen molar-refractivity contribution in [3.63, 3.8) is 0 Å². The number of fused-ring (bicyclic) bond motifs is 1. The van der Waals surface area contributed by atoms with E-state index in [4.69, 9.17) is 5.73 Å². The molecule has 1 aromatic rings. The summed E-state index contributed by atoms with van der Waals surface area (Å²) in [5.74, 6) is 0.799. The fourth-order valence-electron chi connectivity index (χ4n) is 3.45. The zero-order chi connectivity index (χ0) is 13.6. The quantitative estimate of drug-likeness (QED) is 0.889. The van der Waals surface area contributed by atoms with Crippen molar-refractivity contribution >= 4 is 10.0 Å². The zero-order valence-electron chi connectivity index (χ0n) is 11.1. The Morgan fingerprint density at radius 3 is 2.63 bits per heavy atom. The van der Waals surface area contributed by atoms with Gasteiger partial charge in [0.15, 0.2) is 0 Å². The predicted octanol–water partition coefficient (Wildman–Crippen LogP) is 1.35. The van der Waals surface area contributed by atoms with E-state index in [1.54, 1.807) is 16.4 Å². The molecule has 2 N–H and O–H groups in total. The lowest BCUT2D eigenvalue weighted by Crippen LogP contribution is -2.33. The Morgan fingerprint density at radius 2 is 1.95 bits per heavy atom. The van der Waals surface area contributed by atoms with E-state index in [9.17, 15) is 8.42 Å². The Balaban J connectivity index is 1.89. The van der Waals surface area contributed by atoms with Gasteiger partial charge in [0, 0.05) is 19.1 Å². The third kappa shape index (κ3) is 2.10. The second kappa shape index (κ2) is 4.58. The van der Waals surface area contributed by atoms with Crippen molar-refractivity contribution in [1.29, 1.82) is 0 Å². The fourth-order valence-corrected chi connectivity index (χ4v) is 5.21. The minimum atomic E-state index is -3.36. The number of rotatable bonds is 2. The van der Waals surface area contributed by atoms with Crippen molar-refractivity contribution in [2.75, 3.05) is 13.1 Å². The summed E-state index contributed by atoms with van der Waals surface area (Å²) in [5, 5.41) is 0. The van der Waals surface area contributed by atoms with Crippen LogP contribution in [0.4, 0.5) is 0 Å². The summed E-state index contributed by atoms with van der Waals surface area (Å²) in [6.45, 7) is 3.06. The Labute approximate surface area is 114 Å². The van der Waals surface area contributed by atoms with Crippen molar-refractivity contribution in [3.8, 4) is 0 Å². The maximum atomic E-state index is 12.7. The van der Waals surface area contributed by atoms with Crippen LogP contribution in [0.15, 0.2) is 29.2 Å². The molecule has 1 saturated carbocycles. The van der Waals surface area contributed by atoms with Crippen molar-refractivity contribution in [2.45, 2.75) is 30.7 Å². The number of nitrogens with two attached hydrogens (primary N) is 1. The second-order valence-electron chi connectivity index (χ2n) is 5.75. The molecule has 3 atom stereocenters. The van der Waals surface area contributed by atoms with Crippen LogP contribution in [-0.2, 0) is 10.0 Å². The molecule has 1 saturated heterocycles. The molecule has 4 nitrogen and oxygen atoms in total. The average Bonchev–Trinajstić information content (AvgIpc) is 2.93. The van der Waals surface area contributed by atoms with E-state index in [-0.39, 0.29) is 6.04 Å². The monoisotopic (exact) mass is 280 g/mol. The van der Waals surface area contributed by atoms with Gasteiger partial charge in [-0.3, -0.25) is 0 Å². The molecule has 0 spiro atoms. The van der Waals surface area contributed by atoms with Crippen LogP contribution in [0, 0.1) is 18.8 Å². The molecule has 5 heteroatoms. The SMILES string of the molecule is Cc1ccccc1S(=O)(=O)N1CC2CCC(N)C2C1. The molecule has 0 bridgehead atoms. The number of nitrogens with zero attached hydrogens (tertiary/aromatic N) is 1. The standard InChI is InChI=1S/C14H20N2O2S/c1-10-4-2-3-5-14(10)19(17,18)16-8-11-6-7-13(15)12(11)9-16/h2-5,11-13H,6-9,15H2,1H3. The lowest BCUT2D eigenvalue weighted by Gasteiger charge is -2.19. The van der Waals surface area contributed by atoms with Gasteiger partial charge in [0.1, 0.15) is 0 Å². The zero-order valence-corrected chi connectivity index (χ0v) is 11.9. The van der Waals surface area contributed by atoms with Crippen molar-refractivity contribution in [3.05, 3.63) is 29.8 Å². The highest BCUT2D eigenvalue weighted by atomic mass is 32.2. The van der Waals surface area contributed by atoms with E-state index in [1.165, 1.54) is 0 Å². The molecule has 0 aromatic heterocycles. The number of hydrogen-bond donors (Lipinski definition) is 1. The maximum absolute atomic E-state index is 12.7. The van der Waals surface area contributed by atoms with E-state index in [0.717, 1.165) is 18.4 Å². The Bertz CT molecular complexity index is 585. The summed E-state index contributed by atoms with van der Waals surface area (Å²) in [4.78, 5) is 0.434. The molecule has 1 aliphatic carbocycles. The van der Waals surface area contributed by atoms with Crippen LogP contribution in [0.5, 0.6) is 0 Å². The molecule has 1 aliphatic heterocycles. The topological polar surface area (TPSA) is 63.4 Å². The highest BCUT2D eigenvalue weighted by Crippen LogP contribution is 2.39. The van der Waals surface area contributed by atoms with E-state index < -0.39 is 10.0 Å². The van der Waals surface area contributed by atoms with Crippen LogP contribution in [0.1, 0.15) is 18.4 Å². The number of hydrogen-bond acceptors (Lipinski definition) is 3. The van der Waals surface area contributed by atoms with E-state index in [0.29, 0.717) is 29.8 Å². The molecule has 2 fully saturated rings. The number of sulfonamides is 1. The molecule has 0 radical (unpaired) electrons. The molecule has 1 heterocycles. The van der Waals surface area contributed by atoms with Gasteiger partial charge < -0.3 is 5.73 Å². The van der Waals surface area contributed by atoms with Gasteiger partial charge in [-0.05, 0) is 43.2 Å². The summed E-state index contributed by atoms with van der Waals surface area (Å²) in [5.41, 5.74) is 6.88. The third-order valence-electron chi connectivity index (χ3n) is 4.59. The molecule has 2 aliphatic rings. The Morgan fingerprint density at radius 1 is 1.21 bits per heavy atom. The van der Waals surface area contributed by atoms with Crippen LogP contribution in [0.3, 0.4) is 0 Å². The van der Waals surface area contributed by atoms with Gasteiger partial charge in [-0.25, -0.2) is 8.42 Å². The smallest absolute Gasteiger partial charge is 0.243 e. The van der Waals surface area contributed by atoms with Gasteiger partial charge in [-0.15, -0.1) is 0 Å². The summed E-state index contributed by atoms with van der Waals surface area (Å²) in [6, 6.07) is 7.35. The third-order valence-corrected chi connectivity index (χ3v) is 6.58. The molecule has 3 rings (SSSR count). The van der Waals surface area contributed by atoms with E-state index in [2.05, 4.69) is 0 Å². The number of benzene rings is 1. The predicted molar refractivity (Wildman–Crippen MR) is 74.1 cm³/mol. The second-order valence-corrected chi connectivity index (χ2v) is 7.66. The lowest BCUT2D eigenvalue weighted by atomic mass is 9.98. The highest BCUT2D eigenvalue weighted by molar-refractivity contribution is 7.89. The van der Waals surface area contributed by atoms with Crippen LogP contribution >= 0.6 is 0 Å². The first-order chi connectivity index (χ1) is 9.00. The molecule has 1 aromatic carbocycles. The van der Waals surface area contributed by atoms with Gasteiger partial charge in [0.05, 0.1) is 4.90 Å². The molecule has 0 amide bonds. The summed E-state index contributed by atoms with van der Waals surface area (Å²) < 4.78 is 27.0. The average molecular weight is 280 g/mol. The molecular formula is C14H20N2O2S. The first kappa shape index (κ1) is 13.1. The van der Waals surface area contributed by atoms with Crippen molar-refractivity contribution in [2.24, 2.45) is 17.6 Å². The van der Waals surface area contributed by atoms with Gasteiger partial charge in [0.2, 0.25) is 10.0 Å². The maximum Gasteiger partial charge on any atom is 0.243 e. The van der Waals surface area contributed by atoms with Gasteiger partial charge >= 0.3 is 0 Å². The molecule has 19 heavy (non-hydrogen) atoms. The van der Waals surface area contributed by atoms with Gasteiger partial charge in [-0.2, -0.15) is 4.31 Å². The minimum absolute atomic E-state index is 0.169. The number of aryl methyl sites for hydroxylation is 1. The normalized spacial score (nSPS) is 31.6. The van der Waals surface area contributed by atoms with E-state index in [1.807, 2.05) is 19.1 Å². The van der Waals surface area contributed by atoms with Crippen LogP contribution < -0.4 is 5.73 Å². The van der Waals surface area contributed by atoms with Gasteiger partial charge in [-0.1, -0.05) is 18.2 Å². The largest absolute Gasteiger partial charge is 0.327 e. The fraction of sp³-hybridized carbons (Fsp3) is 0.571.